The maximum atomic E-state index is 13.4. The van der Waals surface area contributed by atoms with Crippen molar-refractivity contribution in [3.8, 4) is 0 Å². The van der Waals surface area contributed by atoms with Crippen molar-refractivity contribution in [2.75, 3.05) is 20.8 Å². The number of piperidine rings is 1. The molecule has 12 heteroatoms. The largest absolute Gasteiger partial charge is 0.480 e. The lowest BCUT2D eigenvalue weighted by Gasteiger charge is -2.42. The number of likely N-dealkylation sites (tertiary alicyclic amines) is 1. The van der Waals surface area contributed by atoms with Gasteiger partial charge < -0.3 is 34.4 Å². The third kappa shape index (κ3) is 16.1. The molecule has 1 saturated carbocycles. The van der Waals surface area contributed by atoms with Crippen LogP contribution < -0.4 is 0 Å². The molecule has 1 aliphatic carbocycles. The van der Waals surface area contributed by atoms with Crippen molar-refractivity contribution in [3.63, 3.8) is 0 Å². The van der Waals surface area contributed by atoms with E-state index in [4.69, 9.17) is 14.2 Å². The van der Waals surface area contributed by atoms with Crippen LogP contribution in [-0.2, 0) is 38.2 Å². The number of aliphatic carboxylic acids is 1. The number of aliphatic hydroxyl groups excluding tert-OH is 1. The van der Waals surface area contributed by atoms with Gasteiger partial charge in [-0.15, -0.1) is 0 Å². The van der Waals surface area contributed by atoms with Gasteiger partial charge >= 0.3 is 5.97 Å². The van der Waals surface area contributed by atoms with Crippen LogP contribution in [0.4, 0.5) is 0 Å². The van der Waals surface area contributed by atoms with Gasteiger partial charge in [0, 0.05) is 51.4 Å². The van der Waals surface area contributed by atoms with E-state index in [0.29, 0.717) is 69.6 Å². The minimum atomic E-state index is -2.29. The first-order valence-electron chi connectivity index (χ1n) is 23.3. The van der Waals surface area contributed by atoms with Gasteiger partial charge in [-0.1, -0.05) is 82.2 Å². The summed E-state index contributed by atoms with van der Waals surface area (Å²) in [6.45, 7) is 13.9. The predicted octanol–water partition coefficient (Wildman–Crippen LogP) is 8.13. The van der Waals surface area contributed by atoms with E-state index in [1.807, 2.05) is 58.1 Å². The molecule has 0 bridgehead atoms. The van der Waals surface area contributed by atoms with Gasteiger partial charge in [-0.05, 0) is 115 Å². The number of allylic oxidation sites excluding steroid dienone is 7. The van der Waals surface area contributed by atoms with E-state index in [9.17, 15) is 39.3 Å². The third-order valence-corrected chi connectivity index (χ3v) is 13.6. The van der Waals surface area contributed by atoms with E-state index >= 15 is 0 Å². The molecule has 12 nitrogen and oxygen atoms in total. The lowest BCUT2D eigenvalue weighted by atomic mass is 9.79. The molecule has 0 radical (unpaired) electrons. The predicted molar refractivity (Wildman–Crippen MR) is 240 cm³/mol. The lowest BCUT2D eigenvalue weighted by molar-refractivity contribution is -0.263. The lowest BCUT2D eigenvalue weighted by Crippen LogP contribution is -2.60. The van der Waals surface area contributed by atoms with Crippen LogP contribution in [0, 0.1) is 35.5 Å². The monoisotopic (exact) mass is 870 g/mol. The van der Waals surface area contributed by atoms with Gasteiger partial charge in [-0.3, -0.25) is 19.2 Å². The van der Waals surface area contributed by atoms with Crippen molar-refractivity contribution < 1.29 is 53.5 Å². The maximum absolute atomic E-state index is 13.4. The Balaban J connectivity index is 1.41. The van der Waals surface area contributed by atoms with Crippen molar-refractivity contribution in [1.82, 2.24) is 4.90 Å². The molecule has 0 aromatic rings. The van der Waals surface area contributed by atoms with Gasteiger partial charge in [-0.2, -0.15) is 0 Å². The standard InChI is InChI=1S/C50H79NO11/c1-32(18-22-40-23-20-38(7)50(59,62-40)47(55)48(56)51-26-14-13-17-41(51)49(57)58)15-11-10-12-16-33(2)27-37(6)46(54)45(61-9)30-35(4)28-36(5)42(52)24-19-34(3)29-39-21-25-43(53)44(31-39)60-8/h10-12,15-16,28,33-34,36-41,43-45,53,59H,13-14,17-27,29-31H2,1-9H3,(H,57,58)/b11-10+,16-12+,32-15+,35-28+/t33-,34+,36-,37-,38-,39+,40-,41+,43-,44-,45-,50-/m1/s1. The Bertz CT molecular complexity index is 1620. The highest BCUT2D eigenvalue weighted by molar-refractivity contribution is 6.39. The van der Waals surface area contributed by atoms with Gasteiger partial charge in [0.15, 0.2) is 5.78 Å². The van der Waals surface area contributed by atoms with Crippen LogP contribution in [0.25, 0.3) is 0 Å². The molecule has 2 heterocycles. The summed E-state index contributed by atoms with van der Waals surface area (Å²) < 4.78 is 17.0. The highest BCUT2D eigenvalue weighted by Crippen LogP contribution is 2.36. The maximum Gasteiger partial charge on any atom is 0.326 e. The summed E-state index contributed by atoms with van der Waals surface area (Å²) in [7, 11) is 3.22. The number of carbonyl (C=O) groups excluding carboxylic acids is 4. The minimum absolute atomic E-state index is 0.0491. The first kappa shape index (κ1) is 53.1. The Labute approximate surface area is 371 Å². The molecule has 12 atom stereocenters. The van der Waals surface area contributed by atoms with Crippen LogP contribution in [0.15, 0.2) is 47.6 Å². The second kappa shape index (κ2) is 25.9. The molecule has 0 aromatic carbocycles. The number of ketones is 3. The fraction of sp³-hybridized carbons (Fsp3) is 0.740. The summed E-state index contributed by atoms with van der Waals surface area (Å²) in [6, 6.07) is -1.08. The Kier molecular flexibility index (Phi) is 22.1. The average molecular weight is 870 g/mol. The first-order valence-corrected chi connectivity index (χ1v) is 23.3. The van der Waals surface area contributed by atoms with Gasteiger partial charge in [0.1, 0.15) is 17.9 Å². The summed E-state index contributed by atoms with van der Waals surface area (Å²) in [5.74, 6) is -5.27. The summed E-state index contributed by atoms with van der Waals surface area (Å²) in [5, 5.41) is 31.0. The van der Waals surface area contributed by atoms with Gasteiger partial charge in [0.25, 0.3) is 11.7 Å². The van der Waals surface area contributed by atoms with Crippen LogP contribution in [0.5, 0.6) is 0 Å². The molecule has 1 amide bonds. The van der Waals surface area contributed by atoms with Crippen LogP contribution >= 0.6 is 0 Å². The second-order valence-electron chi connectivity index (χ2n) is 19.0. The molecule has 0 spiro atoms. The number of rotatable bonds is 24. The molecule has 3 N–H and O–H groups in total. The zero-order valence-electron chi connectivity index (χ0n) is 39.2. The molecular formula is C50H79NO11. The van der Waals surface area contributed by atoms with Crippen LogP contribution in [-0.4, -0.2) is 106 Å². The zero-order valence-corrected chi connectivity index (χ0v) is 39.2. The Morgan fingerprint density at radius 1 is 0.919 bits per heavy atom. The molecule has 3 rings (SSSR count). The zero-order chi connectivity index (χ0) is 46.1. The summed E-state index contributed by atoms with van der Waals surface area (Å²) in [4.78, 5) is 65.8. The van der Waals surface area contributed by atoms with E-state index in [1.165, 1.54) is 0 Å². The Hall–Kier alpha value is -3.29. The molecule has 350 valence electrons. The Morgan fingerprint density at radius 2 is 1.65 bits per heavy atom. The van der Waals surface area contributed by atoms with Crippen LogP contribution in [0.1, 0.15) is 145 Å². The van der Waals surface area contributed by atoms with Crippen molar-refractivity contribution in [1.29, 1.82) is 0 Å². The summed E-state index contributed by atoms with van der Waals surface area (Å²) in [5.41, 5.74) is 2.04. The Morgan fingerprint density at radius 3 is 2.32 bits per heavy atom. The van der Waals surface area contributed by atoms with Crippen molar-refractivity contribution in [2.24, 2.45) is 35.5 Å². The summed E-state index contributed by atoms with van der Waals surface area (Å²) in [6.07, 6.45) is 20.4. The molecule has 2 saturated heterocycles. The van der Waals surface area contributed by atoms with Crippen molar-refractivity contribution >= 4 is 29.2 Å². The van der Waals surface area contributed by atoms with E-state index in [2.05, 4.69) is 19.9 Å². The average Bonchev–Trinajstić information content (AvgIpc) is 3.24. The van der Waals surface area contributed by atoms with Gasteiger partial charge in [-0.25, -0.2) is 4.79 Å². The number of amides is 1. The topological polar surface area (TPSA) is 177 Å². The van der Waals surface area contributed by atoms with E-state index < -0.39 is 47.6 Å². The van der Waals surface area contributed by atoms with Gasteiger partial charge in [0.2, 0.25) is 5.79 Å². The molecule has 3 fully saturated rings. The van der Waals surface area contributed by atoms with Crippen LogP contribution in [0.3, 0.4) is 0 Å². The van der Waals surface area contributed by atoms with Crippen molar-refractivity contribution in [3.05, 3.63) is 47.6 Å². The fourth-order valence-electron chi connectivity index (χ4n) is 9.48. The number of carboxylic acids is 1. The summed E-state index contributed by atoms with van der Waals surface area (Å²) >= 11 is 0. The smallest absolute Gasteiger partial charge is 0.326 e. The highest BCUT2D eigenvalue weighted by Gasteiger charge is 2.52. The normalized spacial score (nSPS) is 29.0. The quantitative estimate of drug-likeness (QED) is 0.0485. The van der Waals surface area contributed by atoms with E-state index in [-0.39, 0.29) is 54.5 Å². The van der Waals surface area contributed by atoms with Gasteiger partial charge in [0.05, 0.1) is 18.3 Å². The number of Topliss-reactive ketones (excluding diaryl/α,β-unsaturated/α-hetero) is 3. The van der Waals surface area contributed by atoms with E-state index in [0.717, 1.165) is 48.2 Å². The number of aliphatic hydroxyl groups is 2. The molecule has 62 heavy (non-hydrogen) atoms. The number of methoxy groups -OCH3 is 2. The molecular weight excluding hydrogens is 791 g/mol. The SMILES string of the molecule is CO[C@H](C/C(C)=C/[C@@H](C)C(=O)CC[C@H](C)C[C@@H]1CC[C@@H](O)[C@H](OC)C1)C(=O)[C@H](C)C[C@H](C)/C=C/C=C/C=C(\C)CC[C@@H]1CC[C@@H](C)[C@](O)(C(=O)C(=O)N2CCCC[C@H]2C(=O)O)O1. The number of carboxylic acid groups (broad SMARTS) is 1. The molecule has 0 aromatic heterocycles. The number of hydrogen-bond acceptors (Lipinski definition) is 10. The number of carbonyl (C=O) groups is 5. The second-order valence-corrected chi connectivity index (χ2v) is 19.0. The fourth-order valence-corrected chi connectivity index (χ4v) is 9.48. The minimum Gasteiger partial charge on any atom is -0.480 e. The first-order chi connectivity index (χ1) is 29.3. The van der Waals surface area contributed by atoms with Crippen LogP contribution in [0.2, 0.25) is 0 Å². The third-order valence-electron chi connectivity index (χ3n) is 13.6. The van der Waals surface area contributed by atoms with E-state index in [1.54, 1.807) is 21.1 Å². The number of hydrogen-bond donors (Lipinski definition) is 3. The molecule has 2 aliphatic heterocycles. The molecule has 3 aliphatic rings. The van der Waals surface area contributed by atoms with Crippen molar-refractivity contribution in [2.45, 2.75) is 181 Å². The number of nitrogens with zero attached hydrogens (tertiary/aromatic N) is 1. The highest BCUT2D eigenvalue weighted by atomic mass is 16.6. The number of ether oxygens (including phenoxy) is 3. The molecule has 0 unspecified atom stereocenters.